The first-order valence-electron chi connectivity index (χ1n) is 11.6. The van der Waals surface area contributed by atoms with Crippen LogP contribution < -0.4 is 10.2 Å². The van der Waals surface area contributed by atoms with Crippen molar-refractivity contribution < 1.29 is 13.9 Å². The number of hydrogen-bond acceptors (Lipinski definition) is 6. The minimum absolute atomic E-state index is 0. The van der Waals surface area contributed by atoms with Crippen molar-refractivity contribution in [3.63, 3.8) is 0 Å². The number of ether oxygens (including phenoxy) is 1. The van der Waals surface area contributed by atoms with Crippen LogP contribution in [-0.2, 0) is 4.74 Å². The molecule has 4 aliphatic heterocycles. The Morgan fingerprint density at radius 1 is 1.03 bits per heavy atom. The van der Waals surface area contributed by atoms with E-state index in [-0.39, 0.29) is 30.4 Å². The van der Waals surface area contributed by atoms with Crippen LogP contribution in [0.15, 0.2) is 52.9 Å². The molecule has 8 heteroatoms. The van der Waals surface area contributed by atoms with Crippen molar-refractivity contribution in [1.82, 2.24) is 15.2 Å². The Balaban J connectivity index is 0.00000228. The van der Waals surface area contributed by atoms with Gasteiger partial charge in [-0.2, -0.15) is 4.98 Å². The summed E-state index contributed by atoms with van der Waals surface area (Å²) < 4.78 is 11.9. The number of morpholine rings is 1. The molecule has 2 aromatic carbocycles. The van der Waals surface area contributed by atoms with Gasteiger partial charge in [-0.3, -0.25) is 4.79 Å². The molecule has 4 saturated heterocycles. The largest absolute Gasteiger partial charge is 0.423 e. The topological polar surface area (TPSA) is 70.8 Å². The number of para-hydroxylation sites is 1. The molecule has 5 heterocycles. The number of fused-ring (bicyclic) bond motifs is 4. The summed E-state index contributed by atoms with van der Waals surface area (Å²) in [4.78, 5) is 22.6. The summed E-state index contributed by atoms with van der Waals surface area (Å²) in [5.41, 5.74) is 3.01. The lowest BCUT2D eigenvalue weighted by Gasteiger charge is -2.44. The highest BCUT2D eigenvalue weighted by atomic mass is 35.5. The summed E-state index contributed by atoms with van der Waals surface area (Å²) in [5, 5.41) is 3.29. The van der Waals surface area contributed by atoms with E-state index in [9.17, 15) is 4.79 Å². The van der Waals surface area contributed by atoms with E-state index in [0.717, 1.165) is 25.2 Å². The van der Waals surface area contributed by atoms with Crippen LogP contribution in [0.1, 0.15) is 34.8 Å². The van der Waals surface area contributed by atoms with E-state index in [0.29, 0.717) is 48.4 Å². The third kappa shape index (κ3) is 4.21. The molecular weight excluding hydrogens is 440 g/mol. The van der Waals surface area contributed by atoms with E-state index in [4.69, 9.17) is 14.1 Å². The number of halogens is 1. The molecule has 7 nitrogen and oxygen atoms in total. The zero-order chi connectivity index (χ0) is 21.5. The summed E-state index contributed by atoms with van der Waals surface area (Å²) in [6.45, 7) is 5.14. The minimum Gasteiger partial charge on any atom is -0.423 e. The first-order valence-corrected chi connectivity index (χ1v) is 11.6. The second-order valence-electron chi connectivity index (χ2n) is 9.06. The Kier molecular flexibility index (Phi) is 6.27. The fraction of sp³-hybridized carbons (Fsp3) is 0.440. The molecule has 7 rings (SSSR count). The number of aromatic nitrogens is 1. The molecule has 174 valence electrons. The van der Waals surface area contributed by atoms with E-state index < -0.39 is 0 Å². The van der Waals surface area contributed by atoms with E-state index in [2.05, 4.69) is 27.2 Å². The number of nitrogens with zero attached hydrogens (tertiary/aromatic N) is 3. The first-order chi connectivity index (χ1) is 15.8. The van der Waals surface area contributed by atoms with Crippen molar-refractivity contribution in [2.24, 2.45) is 5.92 Å². The van der Waals surface area contributed by atoms with Crippen LogP contribution in [0.2, 0.25) is 0 Å². The smallest absolute Gasteiger partial charge is 0.299 e. The fourth-order valence-electron chi connectivity index (χ4n) is 5.40. The molecule has 0 saturated carbocycles. The van der Waals surface area contributed by atoms with Crippen LogP contribution >= 0.6 is 12.4 Å². The summed E-state index contributed by atoms with van der Waals surface area (Å²) in [6.07, 6.45) is 2.34. The SMILES string of the molecule is Cl.O=C(NC1CN2CCC1CC2)c1cccc2oc(N3CCOCC3c3ccccc3)nc12. The molecule has 1 amide bonds. The molecule has 1 N–H and O–H groups in total. The highest BCUT2D eigenvalue weighted by molar-refractivity contribution is 6.04. The minimum atomic E-state index is -0.0595. The van der Waals surface area contributed by atoms with Crippen LogP contribution in [0, 0.1) is 5.92 Å². The molecule has 2 unspecified atom stereocenters. The maximum atomic E-state index is 13.2. The average molecular weight is 469 g/mol. The van der Waals surface area contributed by atoms with E-state index in [1.165, 1.54) is 12.8 Å². The molecule has 2 bridgehead atoms. The number of benzene rings is 2. The van der Waals surface area contributed by atoms with Crippen molar-refractivity contribution in [3.05, 3.63) is 59.7 Å². The van der Waals surface area contributed by atoms with Crippen molar-refractivity contribution in [2.45, 2.75) is 24.9 Å². The fourth-order valence-corrected chi connectivity index (χ4v) is 5.40. The predicted molar refractivity (Wildman–Crippen MR) is 129 cm³/mol. The Morgan fingerprint density at radius 2 is 1.85 bits per heavy atom. The van der Waals surface area contributed by atoms with Crippen LogP contribution in [0.5, 0.6) is 0 Å². The standard InChI is InChI=1S/C25H28N4O3.ClH/c30-24(26-20-15-28-11-9-17(20)10-12-28)19-7-4-8-22-23(19)27-25(32-22)29-13-14-31-16-21(29)18-5-2-1-3-6-18;/h1-8,17,20-21H,9-16H2,(H,26,30);1H. The van der Waals surface area contributed by atoms with Crippen LogP contribution in [0.4, 0.5) is 6.01 Å². The number of hydrogen-bond donors (Lipinski definition) is 1. The Bertz CT molecular complexity index is 1110. The Hall–Kier alpha value is -2.61. The van der Waals surface area contributed by atoms with Gasteiger partial charge in [0.15, 0.2) is 5.58 Å². The van der Waals surface area contributed by atoms with Gasteiger partial charge in [0.1, 0.15) is 5.52 Å². The molecule has 0 spiro atoms. The van der Waals surface area contributed by atoms with Crippen molar-refractivity contribution in [2.75, 3.05) is 44.3 Å². The van der Waals surface area contributed by atoms with Gasteiger partial charge in [-0.25, -0.2) is 0 Å². The third-order valence-electron chi connectivity index (χ3n) is 7.18. The molecule has 0 radical (unpaired) electrons. The number of oxazole rings is 1. The summed E-state index contributed by atoms with van der Waals surface area (Å²) in [6, 6.07) is 16.7. The first kappa shape index (κ1) is 22.2. The van der Waals surface area contributed by atoms with Gasteiger partial charge in [-0.1, -0.05) is 36.4 Å². The molecule has 2 atom stereocenters. The summed E-state index contributed by atoms with van der Waals surface area (Å²) in [5.74, 6) is 0.520. The van der Waals surface area contributed by atoms with Gasteiger partial charge in [0.05, 0.1) is 24.8 Å². The molecule has 0 aliphatic carbocycles. The quantitative estimate of drug-likeness (QED) is 0.630. The average Bonchev–Trinajstić information content (AvgIpc) is 3.30. The maximum absolute atomic E-state index is 13.2. The second kappa shape index (κ2) is 9.33. The second-order valence-corrected chi connectivity index (χ2v) is 9.06. The monoisotopic (exact) mass is 468 g/mol. The van der Waals surface area contributed by atoms with Crippen molar-refractivity contribution in [1.29, 1.82) is 0 Å². The lowest BCUT2D eigenvalue weighted by Crippen LogP contribution is -2.57. The lowest BCUT2D eigenvalue weighted by atomic mass is 9.84. The Morgan fingerprint density at radius 3 is 2.61 bits per heavy atom. The number of nitrogens with one attached hydrogen (secondary N) is 1. The summed E-state index contributed by atoms with van der Waals surface area (Å²) >= 11 is 0. The van der Waals surface area contributed by atoms with Crippen molar-refractivity contribution >= 4 is 35.4 Å². The zero-order valence-corrected chi connectivity index (χ0v) is 19.3. The number of carbonyl (C=O) groups excluding carboxylic acids is 1. The number of carbonyl (C=O) groups is 1. The van der Waals surface area contributed by atoms with Gasteiger partial charge in [0.2, 0.25) is 0 Å². The molecule has 4 aliphatic rings. The predicted octanol–water partition coefficient (Wildman–Crippen LogP) is 3.65. The van der Waals surface area contributed by atoms with Gasteiger partial charge in [0, 0.05) is 19.1 Å². The molecule has 4 fully saturated rings. The van der Waals surface area contributed by atoms with Gasteiger partial charge in [-0.15, -0.1) is 12.4 Å². The van der Waals surface area contributed by atoms with E-state index in [1.807, 2.05) is 36.4 Å². The number of amides is 1. The zero-order valence-electron chi connectivity index (χ0n) is 18.5. The van der Waals surface area contributed by atoms with Gasteiger partial charge in [-0.05, 0) is 49.5 Å². The van der Waals surface area contributed by atoms with Crippen LogP contribution in [0.25, 0.3) is 11.1 Å². The highest BCUT2D eigenvalue weighted by Gasteiger charge is 2.35. The van der Waals surface area contributed by atoms with Gasteiger partial charge in [0.25, 0.3) is 11.9 Å². The molecule has 1 aromatic heterocycles. The maximum Gasteiger partial charge on any atom is 0.299 e. The van der Waals surface area contributed by atoms with E-state index in [1.54, 1.807) is 0 Å². The van der Waals surface area contributed by atoms with E-state index >= 15 is 0 Å². The molecule has 3 aromatic rings. The highest BCUT2D eigenvalue weighted by Crippen LogP contribution is 2.33. The van der Waals surface area contributed by atoms with Gasteiger partial charge < -0.3 is 24.3 Å². The third-order valence-corrected chi connectivity index (χ3v) is 7.18. The normalized spacial score (nSPS) is 26.7. The number of anilines is 1. The number of rotatable bonds is 4. The van der Waals surface area contributed by atoms with Crippen LogP contribution in [-0.4, -0.2) is 61.2 Å². The van der Waals surface area contributed by atoms with Gasteiger partial charge >= 0.3 is 0 Å². The van der Waals surface area contributed by atoms with Crippen molar-refractivity contribution in [3.8, 4) is 0 Å². The summed E-state index contributed by atoms with van der Waals surface area (Å²) in [7, 11) is 0. The number of piperidine rings is 3. The molecular formula is C25H29ClN4O3. The molecule has 33 heavy (non-hydrogen) atoms. The van der Waals surface area contributed by atoms with Crippen LogP contribution in [0.3, 0.4) is 0 Å². The Labute approximate surface area is 199 Å². The lowest BCUT2D eigenvalue weighted by molar-refractivity contribution is 0.0621.